The fraction of sp³-hybridized carbons (Fsp3) is 0.900. The van der Waals surface area contributed by atoms with Crippen molar-refractivity contribution in [3.05, 3.63) is 0 Å². The van der Waals surface area contributed by atoms with Crippen LogP contribution in [0.5, 0.6) is 0 Å². The quantitative estimate of drug-likeness (QED) is 0.684. The lowest BCUT2D eigenvalue weighted by atomic mass is 10.1. The highest BCUT2D eigenvalue weighted by Gasteiger charge is 2.10. The molecule has 0 atom stereocenters. The molecular formula is C10H22N2OS. The number of thioether (sulfide) groups is 1. The highest BCUT2D eigenvalue weighted by atomic mass is 32.2. The summed E-state index contributed by atoms with van der Waals surface area (Å²) in [6.45, 7) is 4.04. The number of carbonyl (C=O) groups excluding carboxylic acids is 1. The number of hydrogen-bond acceptors (Lipinski definition) is 3. The van der Waals surface area contributed by atoms with E-state index in [2.05, 4.69) is 0 Å². The molecule has 84 valence electrons. The molecular weight excluding hydrogens is 196 g/mol. The predicted molar refractivity (Wildman–Crippen MR) is 63.5 cm³/mol. The summed E-state index contributed by atoms with van der Waals surface area (Å²) in [5.41, 5.74) is 5.73. The summed E-state index contributed by atoms with van der Waals surface area (Å²) in [4.78, 5) is 12.8. The van der Waals surface area contributed by atoms with E-state index in [1.165, 1.54) is 0 Å². The Hall–Kier alpha value is -0.220. The lowest BCUT2D eigenvalue weighted by Crippen LogP contribution is -2.34. The first-order valence-corrected chi connectivity index (χ1v) is 6.05. The lowest BCUT2D eigenvalue weighted by Gasteiger charge is -2.17. The number of rotatable bonds is 6. The third-order valence-corrected chi connectivity index (χ3v) is 3.18. The van der Waals surface area contributed by atoms with Gasteiger partial charge in [-0.2, -0.15) is 11.8 Å². The Morgan fingerprint density at radius 2 is 2.00 bits per heavy atom. The van der Waals surface area contributed by atoms with Crippen molar-refractivity contribution in [3.63, 3.8) is 0 Å². The van der Waals surface area contributed by atoms with Crippen LogP contribution in [0, 0.1) is 0 Å². The molecule has 0 saturated carbocycles. The van der Waals surface area contributed by atoms with Crippen LogP contribution >= 0.6 is 11.8 Å². The van der Waals surface area contributed by atoms with Gasteiger partial charge in [0.15, 0.2) is 0 Å². The molecule has 14 heavy (non-hydrogen) atoms. The molecule has 0 rings (SSSR count). The van der Waals surface area contributed by atoms with Gasteiger partial charge >= 0.3 is 0 Å². The first-order chi connectivity index (χ1) is 6.33. The zero-order valence-electron chi connectivity index (χ0n) is 9.67. The van der Waals surface area contributed by atoms with Crippen LogP contribution in [-0.2, 0) is 4.79 Å². The number of amides is 1. The molecule has 2 N–H and O–H groups in total. The summed E-state index contributed by atoms with van der Waals surface area (Å²) in [7, 11) is 3.58. The second-order valence-corrected chi connectivity index (χ2v) is 5.54. The van der Waals surface area contributed by atoms with Gasteiger partial charge in [-0.1, -0.05) is 0 Å². The van der Waals surface area contributed by atoms with Gasteiger partial charge in [0.05, 0.1) is 0 Å². The minimum atomic E-state index is -0.101. The summed E-state index contributed by atoms with van der Waals surface area (Å²) in [6, 6.07) is 0. The monoisotopic (exact) mass is 218 g/mol. The first kappa shape index (κ1) is 13.8. The standard InChI is InChI=1S/C10H22N2OS/c1-10(2,11)8-14-7-5-6-9(13)12(3)4/h5-8,11H2,1-4H3. The average Bonchev–Trinajstić information content (AvgIpc) is 2.01. The van der Waals surface area contributed by atoms with Crippen molar-refractivity contribution in [2.24, 2.45) is 5.73 Å². The third kappa shape index (κ3) is 8.38. The highest BCUT2D eigenvalue weighted by molar-refractivity contribution is 7.99. The minimum Gasteiger partial charge on any atom is -0.349 e. The molecule has 0 spiro atoms. The van der Waals surface area contributed by atoms with Gasteiger partial charge in [-0.05, 0) is 26.0 Å². The molecule has 0 unspecified atom stereocenters. The molecule has 0 heterocycles. The van der Waals surface area contributed by atoms with E-state index in [0.29, 0.717) is 6.42 Å². The van der Waals surface area contributed by atoms with Crippen LogP contribution in [0.3, 0.4) is 0 Å². The highest BCUT2D eigenvalue weighted by Crippen LogP contribution is 2.11. The van der Waals surface area contributed by atoms with Crippen LogP contribution in [0.2, 0.25) is 0 Å². The van der Waals surface area contributed by atoms with Crippen LogP contribution in [0.25, 0.3) is 0 Å². The van der Waals surface area contributed by atoms with Gasteiger partial charge in [0, 0.05) is 31.8 Å². The van der Waals surface area contributed by atoms with Gasteiger partial charge < -0.3 is 10.6 Å². The normalized spacial score (nSPS) is 11.5. The van der Waals surface area contributed by atoms with Gasteiger partial charge in [0.1, 0.15) is 0 Å². The van der Waals surface area contributed by atoms with Gasteiger partial charge in [0.2, 0.25) is 5.91 Å². The zero-order valence-corrected chi connectivity index (χ0v) is 10.5. The van der Waals surface area contributed by atoms with E-state index < -0.39 is 0 Å². The summed E-state index contributed by atoms with van der Waals surface area (Å²) < 4.78 is 0. The first-order valence-electron chi connectivity index (χ1n) is 4.90. The van der Waals surface area contributed by atoms with E-state index in [1.54, 1.807) is 19.0 Å². The number of nitrogens with zero attached hydrogens (tertiary/aromatic N) is 1. The van der Waals surface area contributed by atoms with Crippen molar-refractivity contribution in [2.75, 3.05) is 25.6 Å². The Bertz CT molecular complexity index is 175. The molecule has 0 aliphatic rings. The van der Waals surface area contributed by atoms with Crippen LogP contribution in [-0.4, -0.2) is 41.9 Å². The van der Waals surface area contributed by atoms with Crippen molar-refractivity contribution in [3.8, 4) is 0 Å². The fourth-order valence-electron chi connectivity index (χ4n) is 0.884. The van der Waals surface area contributed by atoms with Gasteiger partial charge in [-0.15, -0.1) is 0 Å². The van der Waals surface area contributed by atoms with Gasteiger partial charge in [-0.3, -0.25) is 4.79 Å². The second kappa shape index (κ2) is 6.30. The number of nitrogens with two attached hydrogens (primary N) is 1. The molecule has 0 saturated heterocycles. The zero-order chi connectivity index (χ0) is 11.2. The van der Waals surface area contributed by atoms with E-state index in [0.717, 1.165) is 17.9 Å². The smallest absolute Gasteiger partial charge is 0.222 e. The van der Waals surface area contributed by atoms with Crippen LogP contribution in [0.1, 0.15) is 26.7 Å². The Balaban J connectivity index is 3.35. The van der Waals surface area contributed by atoms with E-state index in [1.807, 2.05) is 25.6 Å². The molecule has 0 aliphatic heterocycles. The SMILES string of the molecule is CN(C)C(=O)CCCSCC(C)(C)N. The Morgan fingerprint density at radius 3 is 2.43 bits per heavy atom. The molecule has 1 amide bonds. The van der Waals surface area contributed by atoms with Crippen LogP contribution in [0.15, 0.2) is 0 Å². The molecule has 0 fully saturated rings. The maximum Gasteiger partial charge on any atom is 0.222 e. The molecule has 0 aromatic heterocycles. The van der Waals surface area contributed by atoms with E-state index in [4.69, 9.17) is 5.73 Å². The third-order valence-electron chi connectivity index (χ3n) is 1.65. The van der Waals surface area contributed by atoms with Crippen LogP contribution in [0.4, 0.5) is 0 Å². The average molecular weight is 218 g/mol. The van der Waals surface area contributed by atoms with E-state index in [-0.39, 0.29) is 11.4 Å². The molecule has 0 aliphatic carbocycles. The summed E-state index contributed by atoms with van der Waals surface area (Å²) in [5.74, 6) is 2.17. The Morgan fingerprint density at radius 1 is 1.43 bits per heavy atom. The Labute approximate surface area is 91.4 Å². The number of carbonyl (C=O) groups is 1. The molecule has 4 heteroatoms. The Kier molecular flexibility index (Phi) is 6.20. The van der Waals surface area contributed by atoms with E-state index >= 15 is 0 Å². The molecule has 0 radical (unpaired) electrons. The molecule has 3 nitrogen and oxygen atoms in total. The second-order valence-electron chi connectivity index (χ2n) is 4.43. The molecule has 0 aromatic rings. The maximum absolute atomic E-state index is 11.2. The number of hydrogen-bond donors (Lipinski definition) is 1. The maximum atomic E-state index is 11.2. The largest absolute Gasteiger partial charge is 0.349 e. The topological polar surface area (TPSA) is 46.3 Å². The van der Waals surface area contributed by atoms with Crippen molar-refractivity contribution in [1.29, 1.82) is 0 Å². The molecule has 0 aromatic carbocycles. The summed E-state index contributed by atoms with van der Waals surface area (Å²) >= 11 is 1.82. The predicted octanol–water partition coefficient (Wildman–Crippen LogP) is 1.33. The summed E-state index contributed by atoms with van der Waals surface area (Å²) in [6.07, 6.45) is 1.59. The van der Waals surface area contributed by atoms with Crippen LogP contribution < -0.4 is 5.73 Å². The fourth-order valence-corrected chi connectivity index (χ4v) is 1.90. The van der Waals surface area contributed by atoms with Gasteiger partial charge in [-0.25, -0.2) is 0 Å². The van der Waals surface area contributed by atoms with Crippen molar-refractivity contribution >= 4 is 17.7 Å². The van der Waals surface area contributed by atoms with Crippen molar-refractivity contribution in [1.82, 2.24) is 4.90 Å². The van der Waals surface area contributed by atoms with Crippen molar-refractivity contribution < 1.29 is 4.79 Å². The summed E-state index contributed by atoms with van der Waals surface area (Å²) in [5, 5.41) is 0. The van der Waals surface area contributed by atoms with Gasteiger partial charge in [0.25, 0.3) is 0 Å². The van der Waals surface area contributed by atoms with Crippen molar-refractivity contribution in [2.45, 2.75) is 32.2 Å². The lowest BCUT2D eigenvalue weighted by molar-refractivity contribution is -0.128. The van der Waals surface area contributed by atoms with E-state index in [9.17, 15) is 4.79 Å². The minimum absolute atomic E-state index is 0.101. The molecule has 0 bridgehead atoms.